The van der Waals surface area contributed by atoms with Crippen LogP contribution in [0.5, 0.6) is 11.5 Å². The van der Waals surface area contributed by atoms with Crippen molar-refractivity contribution < 1.29 is 28.6 Å². The van der Waals surface area contributed by atoms with Crippen LogP contribution < -0.4 is 9.47 Å². The van der Waals surface area contributed by atoms with Crippen molar-refractivity contribution >= 4 is 46.6 Å². The van der Waals surface area contributed by atoms with E-state index in [2.05, 4.69) is 6.58 Å². The van der Waals surface area contributed by atoms with Gasteiger partial charge >= 0.3 is 5.97 Å². The third-order valence-corrected chi connectivity index (χ3v) is 5.23. The van der Waals surface area contributed by atoms with Crippen molar-refractivity contribution in [2.24, 2.45) is 0 Å². The predicted octanol–water partition coefficient (Wildman–Crippen LogP) is 4.68. The fraction of sp³-hybridized carbons (Fsp3) is 0.381. The standard InChI is InChI=1S/C21H24ClNO6S/c1-5-8-28-19-15(22)9-14(10-16(19)27-7-3)11-17-20(25)23(21(26)30-17)12-18(24)29-13(4)6-2/h5,9-11,13H,1,6-8,12H2,2-4H3/b17-11+/t13-/m1/s1. The molecule has 0 unspecified atom stereocenters. The average molecular weight is 454 g/mol. The molecule has 0 spiro atoms. The van der Waals surface area contributed by atoms with Gasteiger partial charge in [0.05, 0.1) is 22.6 Å². The lowest BCUT2D eigenvalue weighted by atomic mass is 10.1. The summed E-state index contributed by atoms with van der Waals surface area (Å²) in [6.45, 7) is 9.26. The molecule has 9 heteroatoms. The van der Waals surface area contributed by atoms with E-state index in [1.807, 2.05) is 13.8 Å². The van der Waals surface area contributed by atoms with Crippen LogP contribution in [0.4, 0.5) is 4.79 Å². The fourth-order valence-electron chi connectivity index (χ4n) is 2.48. The second kappa shape index (κ2) is 11.1. The van der Waals surface area contributed by atoms with Gasteiger partial charge in [-0.05, 0) is 55.8 Å². The van der Waals surface area contributed by atoms with Crippen molar-refractivity contribution in [3.63, 3.8) is 0 Å². The molecule has 0 aliphatic carbocycles. The van der Waals surface area contributed by atoms with Gasteiger partial charge in [0.2, 0.25) is 0 Å². The summed E-state index contributed by atoms with van der Waals surface area (Å²) in [5.74, 6) is -0.406. The van der Waals surface area contributed by atoms with Crippen LogP contribution in [-0.4, -0.2) is 47.9 Å². The van der Waals surface area contributed by atoms with Gasteiger partial charge in [-0.2, -0.15) is 0 Å². The van der Waals surface area contributed by atoms with Crippen molar-refractivity contribution in [3.8, 4) is 11.5 Å². The number of rotatable bonds is 10. The third kappa shape index (κ3) is 6.03. The van der Waals surface area contributed by atoms with E-state index in [0.717, 1.165) is 16.7 Å². The minimum absolute atomic E-state index is 0.176. The molecule has 0 bridgehead atoms. The van der Waals surface area contributed by atoms with Gasteiger partial charge in [-0.1, -0.05) is 31.2 Å². The zero-order valence-corrected chi connectivity index (χ0v) is 18.7. The fourth-order valence-corrected chi connectivity index (χ4v) is 3.59. The van der Waals surface area contributed by atoms with Gasteiger partial charge in [0.1, 0.15) is 13.2 Å². The van der Waals surface area contributed by atoms with Gasteiger partial charge < -0.3 is 14.2 Å². The van der Waals surface area contributed by atoms with Crippen molar-refractivity contribution in [1.82, 2.24) is 4.90 Å². The quantitative estimate of drug-likeness (QED) is 0.289. The Morgan fingerprint density at radius 3 is 2.67 bits per heavy atom. The summed E-state index contributed by atoms with van der Waals surface area (Å²) in [5, 5.41) is -0.236. The highest BCUT2D eigenvalue weighted by molar-refractivity contribution is 8.18. The maximum atomic E-state index is 12.6. The zero-order valence-electron chi connectivity index (χ0n) is 17.1. The molecular weight excluding hydrogens is 430 g/mol. The molecule has 1 saturated heterocycles. The Hall–Kier alpha value is -2.45. The first kappa shape index (κ1) is 23.8. The average Bonchev–Trinajstić information content (AvgIpc) is 2.94. The van der Waals surface area contributed by atoms with E-state index in [9.17, 15) is 14.4 Å². The number of carbonyl (C=O) groups excluding carboxylic acids is 3. The SMILES string of the molecule is C=CCOc1c(Cl)cc(/C=C2/SC(=O)N(CC(=O)O[C@H](C)CC)C2=O)cc1OCC. The highest BCUT2D eigenvalue weighted by atomic mass is 35.5. The Balaban J connectivity index is 2.24. The highest BCUT2D eigenvalue weighted by Crippen LogP contribution is 2.39. The van der Waals surface area contributed by atoms with Crippen LogP contribution in [0.1, 0.15) is 32.8 Å². The van der Waals surface area contributed by atoms with Crippen molar-refractivity contribution in [2.75, 3.05) is 19.8 Å². The van der Waals surface area contributed by atoms with Crippen LogP contribution >= 0.6 is 23.4 Å². The summed E-state index contributed by atoms with van der Waals surface area (Å²) >= 11 is 7.07. The molecule has 2 amide bonds. The Morgan fingerprint density at radius 2 is 2.03 bits per heavy atom. The second-order valence-corrected chi connectivity index (χ2v) is 7.74. The Bertz CT molecular complexity index is 869. The van der Waals surface area contributed by atoms with E-state index in [1.165, 1.54) is 6.08 Å². The lowest BCUT2D eigenvalue weighted by molar-refractivity contribution is -0.150. The summed E-state index contributed by atoms with van der Waals surface area (Å²) in [6.07, 6.45) is 3.47. The molecule has 2 rings (SSSR count). The molecule has 1 aliphatic rings. The molecular formula is C21H24ClNO6S. The largest absolute Gasteiger partial charge is 0.490 e. The van der Waals surface area contributed by atoms with Gasteiger partial charge in [0, 0.05) is 0 Å². The molecule has 30 heavy (non-hydrogen) atoms. The van der Waals surface area contributed by atoms with Crippen molar-refractivity contribution in [1.29, 1.82) is 0 Å². The molecule has 1 aliphatic heterocycles. The zero-order chi connectivity index (χ0) is 22.3. The third-order valence-electron chi connectivity index (χ3n) is 4.04. The maximum absolute atomic E-state index is 12.6. The van der Waals surface area contributed by atoms with E-state index in [0.29, 0.717) is 35.1 Å². The second-order valence-electron chi connectivity index (χ2n) is 6.34. The lowest BCUT2D eigenvalue weighted by Gasteiger charge is -2.15. The number of esters is 1. The first-order valence-corrected chi connectivity index (χ1v) is 10.6. The first-order chi connectivity index (χ1) is 14.3. The molecule has 1 fully saturated rings. The number of imide groups is 1. The van der Waals surface area contributed by atoms with Crippen LogP contribution in [0.2, 0.25) is 5.02 Å². The first-order valence-electron chi connectivity index (χ1n) is 9.45. The summed E-state index contributed by atoms with van der Waals surface area (Å²) in [6, 6.07) is 3.27. The highest BCUT2D eigenvalue weighted by Gasteiger charge is 2.37. The van der Waals surface area contributed by atoms with Gasteiger partial charge in [-0.3, -0.25) is 19.3 Å². The summed E-state index contributed by atoms with van der Waals surface area (Å²) < 4.78 is 16.3. The molecule has 1 atom stereocenters. The smallest absolute Gasteiger partial charge is 0.326 e. The predicted molar refractivity (Wildman–Crippen MR) is 117 cm³/mol. The monoisotopic (exact) mass is 453 g/mol. The molecule has 0 radical (unpaired) electrons. The lowest BCUT2D eigenvalue weighted by Crippen LogP contribution is -2.35. The van der Waals surface area contributed by atoms with Crippen LogP contribution in [0.3, 0.4) is 0 Å². The van der Waals surface area contributed by atoms with Crippen LogP contribution in [0.15, 0.2) is 29.7 Å². The number of amides is 2. The van der Waals surface area contributed by atoms with Gasteiger partial charge in [0.15, 0.2) is 11.5 Å². The molecule has 162 valence electrons. The van der Waals surface area contributed by atoms with E-state index in [4.69, 9.17) is 25.8 Å². The Kier molecular flexibility index (Phi) is 8.80. The molecule has 0 aromatic heterocycles. The number of nitrogens with zero attached hydrogens (tertiary/aromatic N) is 1. The van der Waals surface area contributed by atoms with E-state index in [-0.39, 0.29) is 17.6 Å². The number of thioether (sulfide) groups is 1. The van der Waals surface area contributed by atoms with Gasteiger partial charge in [-0.25, -0.2) is 0 Å². The number of carbonyl (C=O) groups is 3. The minimum Gasteiger partial charge on any atom is -0.490 e. The van der Waals surface area contributed by atoms with Crippen LogP contribution in [-0.2, 0) is 14.3 Å². The Morgan fingerprint density at radius 1 is 1.30 bits per heavy atom. The molecule has 1 heterocycles. The molecule has 1 aromatic carbocycles. The summed E-state index contributed by atoms with van der Waals surface area (Å²) in [5.41, 5.74) is 0.557. The summed E-state index contributed by atoms with van der Waals surface area (Å²) in [4.78, 5) is 37.8. The molecule has 0 saturated carbocycles. The molecule has 1 aromatic rings. The maximum Gasteiger partial charge on any atom is 0.326 e. The number of benzene rings is 1. The molecule has 0 N–H and O–H groups in total. The normalized spacial score (nSPS) is 16.0. The van der Waals surface area contributed by atoms with Crippen molar-refractivity contribution in [2.45, 2.75) is 33.3 Å². The molecule has 7 nitrogen and oxygen atoms in total. The number of halogens is 1. The number of ether oxygens (including phenoxy) is 3. The number of hydrogen-bond donors (Lipinski definition) is 0. The van der Waals surface area contributed by atoms with E-state index >= 15 is 0 Å². The topological polar surface area (TPSA) is 82.1 Å². The number of hydrogen-bond acceptors (Lipinski definition) is 7. The van der Waals surface area contributed by atoms with Crippen LogP contribution in [0, 0.1) is 0 Å². The summed E-state index contributed by atoms with van der Waals surface area (Å²) in [7, 11) is 0. The Labute approximate surface area is 185 Å². The van der Waals surface area contributed by atoms with Crippen LogP contribution in [0.25, 0.3) is 6.08 Å². The minimum atomic E-state index is -0.627. The van der Waals surface area contributed by atoms with Crippen molar-refractivity contribution in [3.05, 3.63) is 40.3 Å². The van der Waals surface area contributed by atoms with E-state index < -0.39 is 23.7 Å². The van der Waals surface area contributed by atoms with Gasteiger partial charge in [-0.15, -0.1) is 0 Å². The van der Waals surface area contributed by atoms with Gasteiger partial charge in [0.25, 0.3) is 11.1 Å². The van der Waals surface area contributed by atoms with E-state index in [1.54, 1.807) is 25.1 Å².